The summed E-state index contributed by atoms with van der Waals surface area (Å²) >= 11 is 0. The normalized spacial score (nSPS) is 12.7. The van der Waals surface area contributed by atoms with Gasteiger partial charge in [-0.3, -0.25) is 14.4 Å². The summed E-state index contributed by atoms with van der Waals surface area (Å²) in [5, 5.41) is 20.9. The maximum Gasteiger partial charge on any atom is 0.251 e. The van der Waals surface area contributed by atoms with Crippen LogP contribution in [0, 0.1) is 6.92 Å². The topological polar surface area (TPSA) is 109 Å². The van der Waals surface area contributed by atoms with Crippen LogP contribution in [0.1, 0.15) is 49.7 Å². The lowest BCUT2D eigenvalue weighted by atomic mass is 9.83. The minimum absolute atomic E-state index is 0.0446. The van der Waals surface area contributed by atoms with Gasteiger partial charge in [-0.15, -0.1) is 0 Å². The number of carbonyl (C=O) groups excluding carboxylic acids is 2. The Morgan fingerprint density at radius 2 is 1.67 bits per heavy atom. The maximum absolute atomic E-state index is 13.1. The molecule has 2 aromatic carbocycles. The van der Waals surface area contributed by atoms with E-state index in [4.69, 9.17) is 5.11 Å². The number of hydrogen-bond donors (Lipinski definition) is 3. The third-order valence-electron chi connectivity index (χ3n) is 5.65. The quantitative estimate of drug-likeness (QED) is 0.435. The molecule has 0 bridgehead atoms. The summed E-state index contributed by atoms with van der Waals surface area (Å²) in [5.41, 5.74) is 3.65. The zero-order valence-electron chi connectivity index (χ0n) is 18.7. The number of ketones is 1. The first-order valence-corrected chi connectivity index (χ1v) is 10.7. The molecule has 0 saturated heterocycles. The van der Waals surface area contributed by atoms with Crippen LogP contribution < -0.4 is 10.9 Å². The molecule has 3 rings (SSSR count). The summed E-state index contributed by atoms with van der Waals surface area (Å²) in [6.45, 7) is 1.52. The molecule has 0 saturated carbocycles. The van der Waals surface area contributed by atoms with Crippen molar-refractivity contribution in [3.63, 3.8) is 0 Å². The highest BCUT2D eigenvalue weighted by Gasteiger charge is 2.21. The van der Waals surface area contributed by atoms with Crippen LogP contribution in [0.25, 0.3) is 0 Å². The Bertz CT molecular complexity index is 1180. The van der Waals surface area contributed by atoms with Gasteiger partial charge in [0, 0.05) is 49.3 Å². The summed E-state index contributed by atoms with van der Waals surface area (Å²) in [7, 11) is 1.61. The van der Waals surface area contributed by atoms with Gasteiger partial charge < -0.3 is 20.1 Å². The molecule has 7 heteroatoms. The average Bonchev–Trinajstić information content (AvgIpc) is 2.83. The smallest absolute Gasteiger partial charge is 0.251 e. The largest absolute Gasteiger partial charge is 0.394 e. The van der Waals surface area contributed by atoms with Gasteiger partial charge >= 0.3 is 0 Å². The number of hydrogen-bond acceptors (Lipinski definition) is 5. The molecule has 1 amide bonds. The number of aliphatic hydroxyl groups is 2. The van der Waals surface area contributed by atoms with Crippen molar-refractivity contribution in [3.8, 4) is 0 Å². The molecule has 0 spiro atoms. The first kappa shape index (κ1) is 24.1. The van der Waals surface area contributed by atoms with Gasteiger partial charge in [0.25, 0.3) is 5.91 Å². The first-order chi connectivity index (χ1) is 15.8. The molecule has 0 radical (unpaired) electrons. The molecule has 0 aliphatic carbocycles. The van der Waals surface area contributed by atoms with Crippen LogP contribution in [0.5, 0.6) is 0 Å². The van der Waals surface area contributed by atoms with Crippen LogP contribution in [-0.4, -0.2) is 45.7 Å². The molecule has 3 N–H and O–H groups in total. The summed E-state index contributed by atoms with van der Waals surface area (Å²) in [6, 6.07) is 17.8. The SMILES string of the molecule is Cc1ccccc1C(CC(=O)c1ccc(=O)n(C)c1)c1ccc(C(=O)NCC(O)CO)cc1. The number of carbonyl (C=O) groups is 2. The van der Waals surface area contributed by atoms with Crippen LogP contribution in [0.4, 0.5) is 0 Å². The molecule has 0 fully saturated rings. The van der Waals surface area contributed by atoms with Crippen LogP contribution in [0.2, 0.25) is 0 Å². The van der Waals surface area contributed by atoms with E-state index in [0.29, 0.717) is 11.1 Å². The van der Waals surface area contributed by atoms with Crippen LogP contribution >= 0.6 is 0 Å². The van der Waals surface area contributed by atoms with Crippen molar-refractivity contribution < 1.29 is 19.8 Å². The number of rotatable bonds is 9. The minimum Gasteiger partial charge on any atom is -0.394 e. The van der Waals surface area contributed by atoms with Crippen molar-refractivity contribution in [1.82, 2.24) is 9.88 Å². The number of aliphatic hydroxyl groups excluding tert-OH is 2. The van der Waals surface area contributed by atoms with Crippen molar-refractivity contribution >= 4 is 11.7 Å². The fraction of sp³-hybridized carbons (Fsp3) is 0.269. The van der Waals surface area contributed by atoms with E-state index in [1.807, 2.05) is 43.3 Å². The van der Waals surface area contributed by atoms with Gasteiger partial charge in [-0.25, -0.2) is 0 Å². The van der Waals surface area contributed by atoms with Gasteiger partial charge in [0.15, 0.2) is 5.78 Å². The van der Waals surface area contributed by atoms with E-state index < -0.39 is 12.7 Å². The lowest BCUT2D eigenvalue weighted by Crippen LogP contribution is -2.33. The van der Waals surface area contributed by atoms with Crippen LogP contribution in [0.15, 0.2) is 71.7 Å². The van der Waals surface area contributed by atoms with E-state index in [-0.39, 0.29) is 36.1 Å². The fourth-order valence-corrected chi connectivity index (χ4v) is 3.69. The minimum atomic E-state index is -1.01. The van der Waals surface area contributed by atoms with Crippen molar-refractivity contribution in [2.24, 2.45) is 7.05 Å². The van der Waals surface area contributed by atoms with Crippen molar-refractivity contribution in [2.75, 3.05) is 13.2 Å². The molecule has 1 heterocycles. The number of nitrogens with zero attached hydrogens (tertiary/aromatic N) is 1. The summed E-state index contributed by atoms with van der Waals surface area (Å²) in [4.78, 5) is 37.1. The van der Waals surface area contributed by atoms with Gasteiger partial charge in [-0.2, -0.15) is 0 Å². The fourth-order valence-electron chi connectivity index (χ4n) is 3.69. The summed E-state index contributed by atoms with van der Waals surface area (Å²) in [6.07, 6.45) is 0.743. The summed E-state index contributed by atoms with van der Waals surface area (Å²) < 4.78 is 1.39. The highest BCUT2D eigenvalue weighted by Crippen LogP contribution is 2.31. The Kier molecular flexibility index (Phi) is 7.92. The second-order valence-electron chi connectivity index (χ2n) is 8.07. The van der Waals surface area contributed by atoms with Crippen molar-refractivity contribution in [1.29, 1.82) is 0 Å². The van der Waals surface area contributed by atoms with E-state index >= 15 is 0 Å². The molecular formula is C26H28N2O5. The van der Waals surface area contributed by atoms with E-state index in [1.54, 1.807) is 31.4 Å². The highest BCUT2D eigenvalue weighted by molar-refractivity contribution is 5.97. The Morgan fingerprint density at radius 3 is 2.30 bits per heavy atom. The van der Waals surface area contributed by atoms with Crippen molar-refractivity contribution in [2.45, 2.75) is 25.4 Å². The molecule has 2 atom stereocenters. The van der Waals surface area contributed by atoms with Crippen LogP contribution in [-0.2, 0) is 7.05 Å². The second kappa shape index (κ2) is 10.8. The van der Waals surface area contributed by atoms with Gasteiger partial charge in [0.1, 0.15) is 0 Å². The number of amides is 1. The lowest BCUT2D eigenvalue weighted by Gasteiger charge is -2.20. The van der Waals surface area contributed by atoms with Gasteiger partial charge in [0.2, 0.25) is 5.56 Å². The lowest BCUT2D eigenvalue weighted by molar-refractivity contribution is 0.0802. The number of pyridine rings is 1. The molecule has 1 aromatic heterocycles. The Labute approximate surface area is 192 Å². The first-order valence-electron chi connectivity index (χ1n) is 10.7. The zero-order valence-corrected chi connectivity index (χ0v) is 18.7. The zero-order chi connectivity index (χ0) is 24.0. The molecule has 7 nitrogen and oxygen atoms in total. The Morgan fingerprint density at radius 1 is 1.00 bits per heavy atom. The molecule has 172 valence electrons. The molecule has 3 aromatic rings. The Balaban J connectivity index is 1.88. The monoisotopic (exact) mass is 448 g/mol. The molecule has 33 heavy (non-hydrogen) atoms. The van der Waals surface area contributed by atoms with Gasteiger partial charge in [-0.05, 0) is 41.8 Å². The van der Waals surface area contributed by atoms with Gasteiger partial charge in [0.05, 0.1) is 12.7 Å². The third-order valence-corrected chi connectivity index (χ3v) is 5.65. The number of Topliss-reactive ketones (excluding diaryl/α,β-unsaturated/α-hetero) is 1. The standard InChI is InChI=1S/C26H28N2O5/c1-17-5-3-4-6-22(17)23(13-24(31)20-11-12-25(32)28(2)15-20)18-7-9-19(10-8-18)26(33)27-14-21(30)16-29/h3-12,15,21,23,29-30H,13-14,16H2,1-2H3,(H,27,33). The summed E-state index contributed by atoms with van der Waals surface area (Å²) in [5.74, 6) is -0.675. The molecular weight excluding hydrogens is 420 g/mol. The Hall–Kier alpha value is -3.55. The van der Waals surface area contributed by atoms with E-state index in [0.717, 1.165) is 16.7 Å². The van der Waals surface area contributed by atoms with E-state index in [2.05, 4.69) is 5.32 Å². The number of nitrogens with one attached hydrogen (secondary N) is 1. The van der Waals surface area contributed by atoms with E-state index in [1.165, 1.54) is 10.6 Å². The number of aromatic nitrogens is 1. The second-order valence-corrected chi connectivity index (χ2v) is 8.07. The molecule has 0 aliphatic heterocycles. The van der Waals surface area contributed by atoms with E-state index in [9.17, 15) is 19.5 Å². The average molecular weight is 449 g/mol. The maximum atomic E-state index is 13.1. The number of benzene rings is 2. The molecule has 2 unspecified atom stereocenters. The molecule has 0 aliphatic rings. The van der Waals surface area contributed by atoms with Crippen LogP contribution in [0.3, 0.4) is 0 Å². The van der Waals surface area contributed by atoms with Gasteiger partial charge in [-0.1, -0.05) is 36.4 Å². The predicted molar refractivity (Wildman–Crippen MR) is 126 cm³/mol. The highest BCUT2D eigenvalue weighted by atomic mass is 16.3. The third kappa shape index (κ3) is 6.03. The number of aryl methyl sites for hydroxylation is 2. The van der Waals surface area contributed by atoms with Crippen molar-refractivity contribution in [3.05, 3.63) is 105 Å². The predicted octanol–water partition coefficient (Wildman–Crippen LogP) is 2.18.